The van der Waals surface area contributed by atoms with E-state index in [-0.39, 0.29) is 0 Å². The van der Waals surface area contributed by atoms with E-state index < -0.39 is 0 Å². The summed E-state index contributed by atoms with van der Waals surface area (Å²) in [4.78, 5) is 7.55. The van der Waals surface area contributed by atoms with Crippen molar-refractivity contribution in [3.05, 3.63) is 0 Å². The highest BCUT2D eigenvalue weighted by molar-refractivity contribution is 4.85. The van der Waals surface area contributed by atoms with Crippen molar-refractivity contribution >= 4 is 0 Å². The minimum Gasteiger partial charge on any atom is -0.330 e. The molecule has 0 aromatic heterocycles. The summed E-state index contributed by atoms with van der Waals surface area (Å²) in [6.45, 7) is 9.52. The molecule has 0 atom stereocenters. The van der Waals surface area contributed by atoms with Crippen LogP contribution in [-0.2, 0) is 0 Å². The van der Waals surface area contributed by atoms with Crippen LogP contribution in [0, 0.1) is 5.41 Å². The number of nitrogens with zero attached hydrogens (tertiary/aromatic N) is 3. The van der Waals surface area contributed by atoms with Crippen LogP contribution >= 0.6 is 0 Å². The third-order valence-electron chi connectivity index (χ3n) is 5.63. The Kier molecular flexibility index (Phi) is 6.93. The highest BCUT2D eigenvalue weighted by Crippen LogP contribution is 2.38. The number of likely N-dealkylation sites (N-methyl/N-ethyl adjacent to an activating group) is 1. The lowest BCUT2D eigenvalue weighted by molar-refractivity contribution is 0.0973. The third-order valence-corrected chi connectivity index (χ3v) is 5.63. The Hall–Kier alpha value is -0.160. The standard InChI is InChI=1S/C17H36N4/c1-19(2)10-11-21-14-12-20(13-15-21)9-8-17(16-18)6-4-3-5-7-17/h3-16,18H2,1-2H3. The minimum atomic E-state index is 0.473. The van der Waals surface area contributed by atoms with Gasteiger partial charge in [-0.25, -0.2) is 0 Å². The fraction of sp³-hybridized carbons (Fsp3) is 1.00. The van der Waals surface area contributed by atoms with Gasteiger partial charge in [-0.15, -0.1) is 0 Å². The first-order valence-corrected chi connectivity index (χ1v) is 8.93. The van der Waals surface area contributed by atoms with Gasteiger partial charge >= 0.3 is 0 Å². The van der Waals surface area contributed by atoms with Gasteiger partial charge in [0.2, 0.25) is 0 Å². The molecule has 2 aliphatic rings. The van der Waals surface area contributed by atoms with Crippen molar-refractivity contribution in [2.75, 3.05) is 66.5 Å². The van der Waals surface area contributed by atoms with E-state index in [0.717, 1.165) is 6.54 Å². The Bertz CT molecular complexity index is 279. The average molecular weight is 297 g/mol. The molecule has 0 spiro atoms. The molecular formula is C17H36N4. The van der Waals surface area contributed by atoms with E-state index >= 15 is 0 Å². The summed E-state index contributed by atoms with van der Waals surface area (Å²) in [5.74, 6) is 0. The lowest BCUT2D eigenvalue weighted by atomic mass is 9.72. The molecule has 0 radical (unpaired) electrons. The Labute approximate surface area is 131 Å². The molecule has 4 nitrogen and oxygen atoms in total. The van der Waals surface area contributed by atoms with Gasteiger partial charge in [-0.3, -0.25) is 4.90 Å². The van der Waals surface area contributed by atoms with Crippen molar-refractivity contribution in [3.63, 3.8) is 0 Å². The van der Waals surface area contributed by atoms with Crippen LogP contribution in [0.15, 0.2) is 0 Å². The number of hydrogen-bond acceptors (Lipinski definition) is 4. The molecule has 1 saturated carbocycles. The molecule has 0 aromatic rings. The largest absolute Gasteiger partial charge is 0.330 e. The van der Waals surface area contributed by atoms with Crippen molar-refractivity contribution in [2.45, 2.75) is 38.5 Å². The van der Waals surface area contributed by atoms with Crippen molar-refractivity contribution < 1.29 is 0 Å². The fourth-order valence-corrected chi connectivity index (χ4v) is 3.83. The summed E-state index contributed by atoms with van der Waals surface area (Å²) in [7, 11) is 4.32. The van der Waals surface area contributed by atoms with Crippen LogP contribution in [0.4, 0.5) is 0 Å². The summed E-state index contributed by atoms with van der Waals surface area (Å²) in [5, 5.41) is 0. The van der Waals surface area contributed by atoms with E-state index in [0.29, 0.717) is 5.41 Å². The van der Waals surface area contributed by atoms with Crippen LogP contribution in [0.2, 0.25) is 0 Å². The maximum absolute atomic E-state index is 6.11. The highest BCUT2D eigenvalue weighted by Gasteiger charge is 2.31. The van der Waals surface area contributed by atoms with Crippen LogP contribution in [0.3, 0.4) is 0 Å². The molecule has 2 N–H and O–H groups in total. The van der Waals surface area contributed by atoms with Gasteiger partial charge in [-0.1, -0.05) is 19.3 Å². The molecule has 4 heteroatoms. The van der Waals surface area contributed by atoms with Crippen LogP contribution in [0.25, 0.3) is 0 Å². The Balaban J connectivity index is 1.66. The highest BCUT2D eigenvalue weighted by atomic mass is 15.3. The fourth-order valence-electron chi connectivity index (χ4n) is 3.83. The van der Waals surface area contributed by atoms with Gasteiger partial charge in [0.05, 0.1) is 0 Å². The molecule has 0 aromatic carbocycles. The topological polar surface area (TPSA) is 35.7 Å². The predicted octanol–water partition coefficient (Wildman–Crippen LogP) is 1.46. The van der Waals surface area contributed by atoms with Gasteiger partial charge < -0.3 is 15.5 Å². The normalized spacial score (nSPS) is 24.6. The molecule has 1 aliphatic heterocycles. The van der Waals surface area contributed by atoms with Crippen LogP contribution in [0.5, 0.6) is 0 Å². The molecule has 1 saturated heterocycles. The molecule has 1 aliphatic carbocycles. The van der Waals surface area contributed by atoms with Gasteiger partial charge in [0.15, 0.2) is 0 Å². The zero-order chi connectivity index (χ0) is 15.1. The molecule has 0 amide bonds. The molecule has 2 fully saturated rings. The van der Waals surface area contributed by atoms with E-state index in [2.05, 4.69) is 28.8 Å². The Morgan fingerprint density at radius 2 is 1.48 bits per heavy atom. The summed E-state index contributed by atoms with van der Waals surface area (Å²) in [6.07, 6.45) is 8.27. The van der Waals surface area contributed by atoms with Gasteiger partial charge in [-0.2, -0.15) is 0 Å². The molecule has 0 unspecified atom stereocenters. The second-order valence-electron chi connectivity index (χ2n) is 7.50. The lowest BCUT2D eigenvalue weighted by Crippen LogP contribution is -2.49. The lowest BCUT2D eigenvalue weighted by Gasteiger charge is -2.40. The van der Waals surface area contributed by atoms with Crippen molar-refractivity contribution in [1.82, 2.24) is 14.7 Å². The third kappa shape index (κ3) is 5.51. The van der Waals surface area contributed by atoms with E-state index in [1.54, 1.807) is 0 Å². The van der Waals surface area contributed by atoms with E-state index in [9.17, 15) is 0 Å². The minimum absolute atomic E-state index is 0.473. The maximum Gasteiger partial charge on any atom is 0.0110 e. The second kappa shape index (κ2) is 8.47. The summed E-state index contributed by atoms with van der Waals surface area (Å²) in [5.41, 5.74) is 6.58. The van der Waals surface area contributed by atoms with Crippen LogP contribution in [0.1, 0.15) is 38.5 Å². The first-order chi connectivity index (χ1) is 10.1. The number of rotatable bonds is 7. The molecule has 2 rings (SSSR count). The number of piperazine rings is 1. The van der Waals surface area contributed by atoms with Crippen molar-refractivity contribution in [1.29, 1.82) is 0 Å². The Morgan fingerprint density at radius 3 is 2.00 bits per heavy atom. The van der Waals surface area contributed by atoms with Crippen molar-refractivity contribution in [3.8, 4) is 0 Å². The molecule has 124 valence electrons. The number of nitrogens with two attached hydrogens (primary N) is 1. The van der Waals surface area contributed by atoms with Crippen LogP contribution in [-0.4, -0.2) is 81.2 Å². The second-order valence-corrected chi connectivity index (χ2v) is 7.50. The Morgan fingerprint density at radius 1 is 0.905 bits per heavy atom. The monoisotopic (exact) mass is 296 g/mol. The zero-order valence-corrected chi connectivity index (χ0v) is 14.3. The first kappa shape index (κ1) is 17.2. The van der Waals surface area contributed by atoms with Gasteiger partial charge in [0.1, 0.15) is 0 Å². The van der Waals surface area contributed by atoms with Gasteiger partial charge in [0.25, 0.3) is 0 Å². The van der Waals surface area contributed by atoms with E-state index in [1.807, 2.05) is 0 Å². The van der Waals surface area contributed by atoms with Gasteiger partial charge in [0, 0.05) is 39.3 Å². The van der Waals surface area contributed by atoms with E-state index in [1.165, 1.54) is 84.3 Å². The summed E-state index contributed by atoms with van der Waals surface area (Å²) < 4.78 is 0. The summed E-state index contributed by atoms with van der Waals surface area (Å²) >= 11 is 0. The smallest absolute Gasteiger partial charge is 0.0110 e. The molecule has 1 heterocycles. The summed E-state index contributed by atoms with van der Waals surface area (Å²) in [6, 6.07) is 0. The zero-order valence-electron chi connectivity index (χ0n) is 14.3. The van der Waals surface area contributed by atoms with E-state index in [4.69, 9.17) is 5.73 Å². The predicted molar refractivity (Wildman–Crippen MR) is 90.6 cm³/mol. The van der Waals surface area contributed by atoms with Crippen molar-refractivity contribution in [2.24, 2.45) is 11.1 Å². The first-order valence-electron chi connectivity index (χ1n) is 8.93. The maximum atomic E-state index is 6.11. The molecule has 21 heavy (non-hydrogen) atoms. The quantitative estimate of drug-likeness (QED) is 0.772. The van der Waals surface area contributed by atoms with Crippen LogP contribution < -0.4 is 5.73 Å². The molecular weight excluding hydrogens is 260 g/mol. The van der Waals surface area contributed by atoms with Gasteiger partial charge in [-0.05, 0) is 51.9 Å². The average Bonchev–Trinajstić information content (AvgIpc) is 2.53. The molecule has 0 bridgehead atoms. The number of hydrogen-bond donors (Lipinski definition) is 1. The SMILES string of the molecule is CN(C)CCN1CCN(CCC2(CN)CCCCC2)CC1.